The first-order chi connectivity index (χ1) is 14.0. The molecule has 0 bridgehead atoms. The fourth-order valence-corrected chi connectivity index (χ4v) is 4.07. The van der Waals surface area contributed by atoms with Crippen LogP contribution < -0.4 is 10.6 Å². The maximum absolute atomic E-state index is 13.4. The molecule has 0 unspecified atom stereocenters. The summed E-state index contributed by atoms with van der Waals surface area (Å²) in [4.78, 5) is 30.4. The number of anilines is 1. The van der Waals surface area contributed by atoms with Crippen molar-refractivity contribution >= 4 is 17.8 Å². The summed E-state index contributed by atoms with van der Waals surface area (Å²) in [6.45, 7) is 1.41. The molecule has 2 heterocycles. The monoisotopic (exact) mass is 400 g/mol. The first-order valence-electron chi connectivity index (χ1n) is 9.77. The molecule has 1 aliphatic carbocycles. The predicted octanol–water partition coefficient (Wildman–Crippen LogP) is 3.55. The lowest BCUT2D eigenvalue weighted by molar-refractivity contribution is -0.121. The summed E-state index contributed by atoms with van der Waals surface area (Å²) in [6.07, 6.45) is 4.54. The topological polar surface area (TPSA) is 74.3 Å². The lowest BCUT2D eigenvalue weighted by Gasteiger charge is -2.33. The second-order valence-electron chi connectivity index (χ2n) is 7.51. The molecule has 3 amide bonds. The van der Waals surface area contributed by atoms with Gasteiger partial charge in [-0.05, 0) is 55.5 Å². The number of rotatable bonds is 4. The third kappa shape index (κ3) is 4.36. The highest BCUT2D eigenvalue weighted by molar-refractivity contribution is 5.91. The van der Waals surface area contributed by atoms with E-state index in [9.17, 15) is 18.4 Å². The second kappa shape index (κ2) is 8.14. The zero-order chi connectivity index (χ0) is 20.4. The van der Waals surface area contributed by atoms with Crippen LogP contribution in [0.4, 0.5) is 19.4 Å². The van der Waals surface area contributed by atoms with Crippen LogP contribution in [0.15, 0.2) is 36.5 Å². The van der Waals surface area contributed by atoms with Gasteiger partial charge in [-0.3, -0.25) is 4.79 Å². The standard InChI is InChI=1S/C21H22F2N4O2/c22-16-9-15(10-17(23)11-16)14-3-6-19(25-12-14)26-20(28)13-1-4-18(5-2-13)27-8-7-24-21(27)29/h3,6,9-13,18H,1-2,4-5,7-8H2,(H,24,29)(H,25,26,28). The van der Waals surface area contributed by atoms with E-state index in [0.717, 1.165) is 38.3 Å². The average molecular weight is 400 g/mol. The predicted molar refractivity (Wildman–Crippen MR) is 104 cm³/mol. The molecule has 2 aliphatic rings. The number of hydrogen-bond acceptors (Lipinski definition) is 3. The van der Waals surface area contributed by atoms with Crippen molar-refractivity contribution in [2.45, 2.75) is 31.7 Å². The van der Waals surface area contributed by atoms with Gasteiger partial charge in [-0.1, -0.05) is 0 Å². The normalized spacial score (nSPS) is 21.7. The molecule has 0 atom stereocenters. The van der Waals surface area contributed by atoms with Crippen LogP contribution in [0, 0.1) is 17.6 Å². The van der Waals surface area contributed by atoms with E-state index in [0.29, 0.717) is 23.5 Å². The molecule has 6 nitrogen and oxygen atoms in total. The summed E-state index contributed by atoms with van der Waals surface area (Å²) >= 11 is 0. The van der Waals surface area contributed by atoms with Crippen LogP contribution in [0.2, 0.25) is 0 Å². The van der Waals surface area contributed by atoms with Crippen LogP contribution in [0.25, 0.3) is 11.1 Å². The van der Waals surface area contributed by atoms with Crippen molar-refractivity contribution in [2.24, 2.45) is 5.92 Å². The van der Waals surface area contributed by atoms with Crippen molar-refractivity contribution in [3.63, 3.8) is 0 Å². The van der Waals surface area contributed by atoms with Gasteiger partial charge in [0.05, 0.1) is 0 Å². The lowest BCUT2D eigenvalue weighted by atomic mass is 9.85. The van der Waals surface area contributed by atoms with Crippen molar-refractivity contribution in [3.8, 4) is 11.1 Å². The molecular formula is C21H22F2N4O2. The third-order valence-electron chi connectivity index (χ3n) is 5.61. The Morgan fingerprint density at radius 3 is 2.38 bits per heavy atom. The highest BCUT2D eigenvalue weighted by Crippen LogP contribution is 2.29. The first kappa shape index (κ1) is 19.3. The number of nitrogens with zero attached hydrogens (tertiary/aromatic N) is 2. The number of hydrogen-bond donors (Lipinski definition) is 2. The van der Waals surface area contributed by atoms with Gasteiger partial charge in [0, 0.05) is 42.9 Å². The maximum atomic E-state index is 13.4. The number of benzene rings is 1. The van der Waals surface area contributed by atoms with Gasteiger partial charge in [0.2, 0.25) is 5.91 Å². The Hall–Kier alpha value is -3.03. The maximum Gasteiger partial charge on any atom is 0.317 e. The number of nitrogens with one attached hydrogen (secondary N) is 2. The van der Waals surface area contributed by atoms with E-state index >= 15 is 0 Å². The van der Waals surface area contributed by atoms with Crippen LogP contribution in [0.1, 0.15) is 25.7 Å². The molecule has 1 saturated carbocycles. The van der Waals surface area contributed by atoms with Crippen LogP contribution in [-0.4, -0.2) is 41.0 Å². The van der Waals surface area contributed by atoms with Crippen LogP contribution in [-0.2, 0) is 4.79 Å². The molecule has 2 aromatic rings. The lowest BCUT2D eigenvalue weighted by Crippen LogP contribution is -2.41. The average Bonchev–Trinajstić information content (AvgIpc) is 3.14. The molecular weight excluding hydrogens is 378 g/mol. The van der Waals surface area contributed by atoms with E-state index in [1.54, 1.807) is 12.1 Å². The minimum atomic E-state index is -0.653. The summed E-state index contributed by atoms with van der Waals surface area (Å²) in [6, 6.07) is 6.76. The summed E-state index contributed by atoms with van der Waals surface area (Å²) in [5.41, 5.74) is 0.947. The third-order valence-corrected chi connectivity index (χ3v) is 5.61. The van der Waals surface area contributed by atoms with Crippen LogP contribution >= 0.6 is 0 Å². The molecule has 1 saturated heterocycles. The number of pyridine rings is 1. The van der Waals surface area contributed by atoms with Crippen LogP contribution in [0.5, 0.6) is 0 Å². The van der Waals surface area contributed by atoms with Gasteiger partial charge in [0.15, 0.2) is 0 Å². The van der Waals surface area contributed by atoms with Gasteiger partial charge >= 0.3 is 6.03 Å². The Morgan fingerprint density at radius 2 is 1.79 bits per heavy atom. The Balaban J connectivity index is 1.33. The Bertz CT molecular complexity index is 891. The largest absolute Gasteiger partial charge is 0.336 e. The smallest absolute Gasteiger partial charge is 0.317 e. The molecule has 4 rings (SSSR count). The first-order valence-corrected chi connectivity index (χ1v) is 9.77. The van der Waals surface area contributed by atoms with Crippen molar-refractivity contribution in [1.82, 2.24) is 15.2 Å². The van der Waals surface area contributed by atoms with E-state index in [-0.39, 0.29) is 23.9 Å². The Labute approximate surface area is 167 Å². The second-order valence-corrected chi connectivity index (χ2v) is 7.51. The zero-order valence-electron chi connectivity index (χ0n) is 15.8. The minimum Gasteiger partial charge on any atom is -0.336 e. The zero-order valence-corrected chi connectivity index (χ0v) is 15.8. The van der Waals surface area contributed by atoms with Gasteiger partial charge in [0.1, 0.15) is 17.5 Å². The van der Waals surface area contributed by atoms with Gasteiger partial charge in [0.25, 0.3) is 0 Å². The number of carbonyl (C=O) groups excluding carboxylic acids is 2. The van der Waals surface area contributed by atoms with Crippen molar-refractivity contribution in [3.05, 3.63) is 48.2 Å². The molecule has 1 aromatic carbocycles. The molecule has 29 heavy (non-hydrogen) atoms. The molecule has 1 aliphatic heterocycles. The van der Waals surface area contributed by atoms with E-state index in [2.05, 4.69) is 15.6 Å². The molecule has 1 aromatic heterocycles. The minimum absolute atomic E-state index is 0.0135. The summed E-state index contributed by atoms with van der Waals surface area (Å²) in [7, 11) is 0. The summed E-state index contributed by atoms with van der Waals surface area (Å²) in [5.74, 6) is -1.11. The van der Waals surface area contributed by atoms with E-state index < -0.39 is 11.6 Å². The number of aromatic nitrogens is 1. The van der Waals surface area contributed by atoms with E-state index in [1.807, 2.05) is 4.90 Å². The van der Waals surface area contributed by atoms with Gasteiger partial charge in [-0.15, -0.1) is 0 Å². The molecule has 2 fully saturated rings. The fourth-order valence-electron chi connectivity index (χ4n) is 4.07. The van der Waals surface area contributed by atoms with E-state index in [1.165, 1.54) is 18.3 Å². The molecule has 0 radical (unpaired) electrons. The highest BCUT2D eigenvalue weighted by atomic mass is 19.1. The SMILES string of the molecule is O=C(Nc1ccc(-c2cc(F)cc(F)c2)cn1)C1CCC(N2CCNC2=O)CC1. The molecule has 8 heteroatoms. The number of halogens is 2. The van der Waals surface area contributed by atoms with Gasteiger partial charge in [-0.25, -0.2) is 18.6 Å². The molecule has 2 N–H and O–H groups in total. The van der Waals surface area contributed by atoms with Crippen molar-refractivity contribution < 1.29 is 18.4 Å². The molecule has 152 valence electrons. The van der Waals surface area contributed by atoms with Crippen LogP contribution in [0.3, 0.4) is 0 Å². The summed E-state index contributed by atoms with van der Waals surface area (Å²) in [5, 5.41) is 5.63. The van der Waals surface area contributed by atoms with Gasteiger partial charge in [-0.2, -0.15) is 0 Å². The van der Waals surface area contributed by atoms with Gasteiger partial charge < -0.3 is 15.5 Å². The Morgan fingerprint density at radius 1 is 1.07 bits per heavy atom. The quantitative estimate of drug-likeness (QED) is 0.824. The fraction of sp³-hybridized carbons (Fsp3) is 0.381. The number of carbonyl (C=O) groups is 2. The van der Waals surface area contributed by atoms with Crippen molar-refractivity contribution in [2.75, 3.05) is 18.4 Å². The number of amides is 3. The van der Waals surface area contributed by atoms with Crippen molar-refractivity contribution in [1.29, 1.82) is 0 Å². The number of urea groups is 1. The summed E-state index contributed by atoms with van der Waals surface area (Å²) < 4.78 is 26.8. The Kier molecular flexibility index (Phi) is 5.42. The molecule has 0 spiro atoms. The van der Waals surface area contributed by atoms with E-state index in [4.69, 9.17) is 0 Å². The highest BCUT2D eigenvalue weighted by Gasteiger charge is 2.33.